The molecule has 19 heavy (non-hydrogen) atoms. The maximum absolute atomic E-state index is 13.2. The molecule has 1 aromatic carbocycles. The number of aryl methyl sites for hydroxylation is 1. The Morgan fingerprint density at radius 3 is 2.84 bits per heavy atom. The molecule has 0 saturated carbocycles. The van der Waals surface area contributed by atoms with Crippen LogP contribution in [0, 0.1) is 11.7 Å². The lowest BCUT2D eigenvalue weighted by Gasteiger charge is -2.31. The number of nitrogens with one attached hydrogen (secondary N) is 1. The molecule has 2 nitrogen and oxygen atoms in total. The largest absolute Gasteiger partial charge is 0.317 e. The lowest BCUT2D eigenvalue weighted by atomic mass is 9.96. The molecule has 1 atom stereocenters. The van der Waals surface area contributed by atoms with E-state index < -0.39 is 0 Å². The number of piperidine rings is 1. The molecular formula is C16H23FN2. The summed E-state index contributed by atoms with van der Waals surface area (Å²) in [5.41, 5.74) is 2.56. The average Bonchev–Trinajstić information content (AvgIpc) is 2.82. The summed E-state index contributed by atoms with van der Waals surface area (Å²) in [4.78, 5) is 2.49. The van der Waals surface area contributed by atoms with E-state index in [-0.39, 0.29) is 5.82 Å². The van der Waals surface area contributed by atoms with E-state index in [0.717, 1.165) is 31.8 Å². The molecule has 1 heterocycles. The van der Waals surface area contributed by atoms with Gasteiger partial charge in [0.2, 0.25) is 0 Å². The number of halogens is 1. The van der Waals surface area contributed by atoms with Crippen LogP contribution in [0.15, 0.2) is 18.2 Å². The molecule has 1 fully saturated rings. The van der Waals surface area contributed by atoms with Gasteiger partial charge in [-0.1, -0.05) is 6.07 Å². The monoisotopic (exact) mass is 262 g/mol. The molecule has 3 rings (SSSR count). The highest BCUT2D eigenvalue weighted by molar-refractivity contribution is 5.35. The van der Waals surface area contributed by atoms with Crippen molar-refractivity contribution in [2.45, 2.75) is 31.7 Å². The van der Waals surface area contributed by atoms with E-state index in [4.69, 9.17) is 0 Å². The fourth-order valence-electron chi connectivity index (χ4n) is 3.62. The van der Waals surface area contributed by atoms with Crippen molar-refractivity contribution in [2.24, 2.45) is 5.92 Å². The van der Waals surface area contributed by atoms with Gasteiger partial charge < -0.3 is 5.32 Å². The Morgan fingerprint density at radius 1 is 1.26 bits per heavy atom. The van der Waals surface area contributed by atoms with Gasteiger partial charge in [-0.2, -0.15) is 0 Å². The van der Waals surface area contributed by atoms with E-state index in [0.29, 0.717) is 6.04 Å². The van der Waals surface area contributed by atoms with Crippen LogP contribution < -0.4 is 5.32 Å². The van der Waals surface area contributed by atoms with Gasteiger partial charge in [0.25, 0.3) is 0 Å². The molecular weight excluding hydrogens is 239 g/mol. The zero-order valence-electron chi connectivity index (χ0n) is 11.7. The second-order valence-corrected chi connectivity index (χ2v) is 6.03. The first kappa shape index (κ1) is 13.1. The normalized spacial score (nSPS) is 23.8. The van der Waals surface area contributed by atoms with E-state index >= 15 is 0 Å². The van der Waals surface area contributed by atoms with Crippen molar-refractivity contribution in [3.05, 3.63) is 35.1 Å². The summed E-state index contributed by atoms with van der Waals surface area (Å²) in [5, 5.41) is 3.42. The Morgan fingerprint density at radius 2 is 2.05 bits per heavy atom. The van der Waals surface area contributed by atoms with Crippen molar-refractivity contribution in [3.8, 4) is 0 Å². The van der Waals surface area contributed by atoms with Gasteiger partial charge in [0.15, 0.2) is 0 Å². The quantitative estimate of drug-likeness (QED) is 0.901. The molecule has 0 bridgehead atoms. The van der Waals surface area contributed by atoms with Crippen molar-refractivity contribution in [2.75, 3.05) is 26.7 Å². The molecule has 2 aliphatic rings. The van der Waals surface area contributed by atoms with Crippen molar-refractivity contribution >= 4 is 0 Å². The molecule has 1 aliphatic carbocycles. The molecule has 1 aliphatic heterocycles. The maximum Gasteiger partial charge on any atom is 0.123 e. The Labute approximate surface area is 115 Å². The minimum absolute atomic E-state index is 0.0968. The fourth-order valence-corrected chi connectivity index (χ4v) is 3.62. The zero-order valence-corrected chi connectivity index (χ0v) is 11.7. The zero-order chi connectivity index (χ0) is 13.2. The lowest BCUT2D eigenvalue weighted by molar-refractivity contribution is 0.186. The third kappa shape index (κ3) is 2.82. The van der Waals surface area contributed by atoms with E-state index in [9.17, 15) is 4.39 Å². The molecule has 1 aromatic rings. The molecule has 1 unspecified atom stereocenters. The van der Waals surface area contributed by atoms with Crippen molar-refractivity contribution in [3.63, 3.8) is 0 Å². The Hall–Kier alpha value is -0.930. The number of hydrogen-bond donors (Lipinski definition) is 1. The van der Waals surface area contributed by atoms with Gasteiger partial charge in [-0.15, -0.1) is 0 Å². The van der Waals surface area contributed by atoms with Gasteiger partial charge in [-0.05, 0) is 75.0 Å². The van der Waals surface area contributed by atoms with E-state index in [1.54, 1.807) is 12.1 Å². The molecule has 0 radical (unpaired) electrons. The van der Waals surface area contributed by atoms with Crippen LogP contribution >= 0.6 is 0 Å². The predicted molar refractivity (Wildman–Crippen MR) is 75.7 cm³/mol. The lowest BCUT2D eigenvalue weighted by Crippen LogP contribution is -2.35. The third-order valence-corrected chi connectivity index (χ3v) is 4.69. The predicted octanol–water partition coefficient (Wildman–Crippen LogP) is 2.74. The minimum Gasteiger partial charge on any atom is -0.317 e. The summed E-state index contributed by atoms with van der Waals surface area (Å²) in [7, 11) is 2.23. The summed E-state index contributed by atoms with van der Waals surface area (Å²) in [5.74, 6) is 0.719. The van der Waals surface area contributed by atoms with Crippen LogP contribution in [0.5, 0.6) is 0 Å². The van der Waals surface area contributed by atoms with Crippen molar-refractivity contribution < 1.29 is 4.39 Å². The molecule has 3 heteroatoms. The Bertz CT molecular complexity index is 440. The molecule has 1 N–H and O–H groups in total. The number of fused-ring (bicyclic) bond motifs is 1. The second-order valence-electron chi connectivity index (χ2n) is 6.03. The van der Waals surface area contributed by atoms with Gasteiger partial charge >= 0.3 is 0 Å². The maximum atomic E-state index is 13.2. The highest BCUT2D eigenvalue weighted by atomic mass is 19.1. The highest BCUT2D eigenvalue weighted by Crippen LogP contribution is 2.36. The summed E-state index contributed by atoms with van der Waals surface area (Å²) < 4.78 is 13.2. The molecule has 1 saturated heterocycles. The average molecular weight is 262 g/mol. The standard InChI is InChI=1S/C16H23FN2/c1-19(11-12-6-8-18-9-7-12)16-5-2-13-10-14(17)3-4-15(13)16/h3-4,10,12,16,18H,2,5-9,11H2,1H3. The Kier molecular flexibility index (Phi) is 3.85. The highest BCUT2D eigenvalue weighted by Gasteiger charge is 2.27. The second kappa shape index (κ2) is 5.59. The van der Waals surface area contributed by atoms with Crippen LogP contribution in [0.25, 0.3) is 0 Å². The third-order valence-electron chi connectivity index (χ3n) is 4.69. The summed E-state index contributed by atoms with van der Waals surface area (Å²) in [6.07, 6.45) is 4.73. The van der Waals surface area contributed by atoms with Gasteiger partial charge in [0.1, 0.15) is 5.82 Å². The number of benzene rings is 1. The van der Waals surface area contributed by atoms with E-state index in [2.05, 4.69) is 17.3 Å². The number of nitrogens with zero attached hydrogens (tertiary/aromatic N) is 1. The Balaban J connectivity index is 1.67. The first-order valence-corrected chi connectivity index (χ1v) is 7.43. The van der Waals surface area contributed by atoms with Crippen LogP contribution in [0.3, 0.4) is 0 Å². The molecule has 0 amide bonds. The SMILES string of the molecule is CN(CC1CCNCC1)C1CCc2cc(F)ccc21. The van der Waals surface area contributed by atoms with Crippen LogP contribution in [0.1, 0.15) is 36.4 Å². The number of hydrogen-bond acceptors (Lipinski definition) is 2. The first-order valence-electron chi connectivity index (χ1n) is 7.43. The van der Waals surface area contributed by atoms with Gasteiger partial charge in [0.05, 0.1) is 0 Å². The van der Waals surface area contributed by atoms with Crippen molar-refractivity contribution in [1.29, 1.82) is 0 Å². The van der Waals surface area contributed by atoms with Crippen LogP contribution in [0.2, 0.25) is 0 Å². The minimum atomic E-state index is -0.0968. The van der Waals surface area contributed by atoms with Gasteiger partial charge in [-0.3, -0.25) is 4.90 Å². The fraction of sp³-hybridized carbons (Fsp3) is 0.625. The summed E-state index contributed by atoms with van der Waals surface area (Å²) >= 11 is 0. The van der Waals surface area contributed by atoms with E-state index in [1.165, 1.54) is 30.5 Å². The number of rotatable bonds is 3. The molecule has 0 spiro atoms. The summed E-state index contributed by atoms with van der Waals surface area (Å²) in [6.45, 7) is 3.49. The topological polar surface area (TPSA) is 15.3 Å². The van der Waals surface area contributed by atoms with Crippen LogP contribution in [-0.2, 0) is 6.42 Å². The smallest absolute Gasteiger partial charge is 0.123 e. The van der Waals surface area contributed by atoms with Gasteiger partial charge in [0, 0.05) is 12.6 Å². The molecule has 0 aromatic heterocycles. The first-order chi connectivity index (χ1) is 9.24. The van der Waals surface area contributed by atoms with E-state index in [1.807, 2.05) is 6.07 Å². The van der Waals surface area contributed by atoms with Gasteiger partial charge in [-0.25, -0.2) is 4.39 Å². The van der Waals surface area contributed by atoms with Crippen LogP contribution in [-0.4, -0.2) is 31.6 Å². The summed E-state index contributed by atoms with van der Waals surface area (Å²) in [6, 6.07) is 5.80. The molecule has 104 valence electrons. The van der Waals surface area contributed by atoms with Crippen LogP contribution in [0.4, 0.5) is 4.39 Å². The van der Waals surface area contributed by atoms with Crippen molar-refractivity contribution in [1.82, 2.24) is 10.2 Å².